The molecule has 0 aliphatic heterocycles. The highest BCUT2D eigenvalue weighted by Gasteiger charge is 2.19. The van der Waals surface area contributed by atoms with E-state index in [-0.39, 0.29) is 5.91 Å². The van der Waals surface area contributed by atoms with Gasteiger partial charge in [-0.1, -0.05) is 12.1 Å². The summed E-state index contributed by atoms with van der Waals surface area (Å²) in [5, 5.41) is 2.89. The zero-order chi connectivity index (χ0) is 16.2. The van der Waals surface area contributed by atoms with Gasteiger partial charge in [-0.25, -0.2) is 4.98 Å². The number of nitrogens with one attached hydrogen (secondary N) is 1. The van der Waals surface area contributed by atoms with Gasteiger partial charge in [0, 0.05) is 16.3 Å². The molecule has 2 aromatic heterocycles. The van der Waals surface area contributed by atoms with E-state index in [1.165, 1.54) is 11.3 Å². The molecule has 3 rings (SSSR count). The van der Waals surface area contributed by atoms with Crippen LogP contribution in [0.3, 0.4) is 0 Å². The number of carbonyl (C=O) groups is 1. The maximum absolute atomic E-state index is 12.4. The van der Waals surface area contributed by atoms with Gasteiger partial charge in [0.2, 0.25) is 0 Å². The van der Waals surface area contributed by atoms with Crippen LogP contribution >= 0.6 is 23.1 Å². The van der Waals surface area contributed by atoms with Crippen LogP contribution in [0.1, 0.15) is 20.9 Å². The number of nitrogens with zero attached hydrogens (tertiary/aromatic N) is 1. The van der Waals surface area contributed by atoms with Crippen LogP contribution in [-0.4, -0.2) is 17.1 Å². The molecule has 1 amide bonds. The van der Waals surface area contributed by atoms with Crippen LogP contribution in [0, 0.1) is 6.92 Å². The van der Waals surface area contributed by atoms with Crippen LogP contribution in [0.4, 0.5) is 0 Å². The molecule has 0 spiro atoms. The number of thioether (sulfide) groups is 1. The molecule has 0 saturated carbocycles. The van der Waals surface area contributed by atoms with Gasteiger partial charge in [0.15, 0.2) is 17.8 Å². The van der Waals surface area contributed by atoms with Crippen molar-refractivity contribution >= 4 is 29.0 Å². The monoisotopic (exact) mass is 344 g/mol. The van der Waals surface area contributed by atoms with Gasteiger partial charge in [-0.3, -0.25) is 4.79 Å². The molecule has 2 heterocycles. The van der Waals surface area contributed by atoms with Crippen molar-refractivity contribution < 1.29 is 9.21 Å². The Morgan fingerprint density at radius 1 is 1.26 bits per heavy atom. The first-order chi connectivity index (χ1) is 11.2. The summed E-state index contributed by atoms with van der Waals surface area (Å²) in [5.41, 5.74) is 1.38. The van der Waals surface area contributed by atoms with E-state index in [4.69, 9.17) is 4.42 Å². The fourth-order valence-electron chi connectivity index (χ4n) is 2.15. The van der Waals surface area contributed by atoms with E-state index in [2.05, 4.69) is 10.3 Å². The number of amides is 1. The molecule has 0 unspecified atom stereocenters. The van der Waals surface area contributed by atoms with Crippen LogP contribution in [0.5, 0.6) is 0 Å². The average Bonchev–Trinajstić information content (AvgIpc) is 3.21. The highest BCUT2D eigenvalue weighted by atomic mass is 32.2. The Bertz CT molecular complexity index is 806. The van der Waals surface area contributed by atoms with E-state index in [9.17, 15) is 4.79 Å². The Balaban J connectivity index is 1.70. The molecule has 0 aliphatic carbocycles. The molecule has 0 atom stereocenters. The van der Waals surface area contributed by atoms with E-state index in [0.717, 1.165) is 15.3 Å². The molecule has 0 bridgehead atoms. The molecule has 4 nitrogen and oxygen atoms in total. The molecule has 1 aromatic carbocycles. The second-order valence-electron chi connectivity index (χ2n) is 4.97. The average molecular weight is 344 g/mol. The van der Waals surface area contributed by atoms with E-state index < -0.39 is 0 Å². The van der Waals surface area contributed by atoms with Crippen molar-refractivity contribution in [2.24, 2.45) is 0 Å². The Kier molecular flexibility index (Phi) is 4.83. The number of hydrogen-bond donors (Lipinski definition) is 1. The fraction of sp³-hybridized carbons (Fsp3) is 0.176. The maximum Gasteiger partial charge on any atom is 0.274 e. The summed E-state index contributed by atoms with van der Waals surface area (Å²) < 4.78 is 5.40. The van der Waals surface area contributed by atoms with E-state index in [1.807, 2.05) is 49.6 Å². The Morgan fingerprint density at radius 2 is 2.04 bits per heavy atom. The highest BCUT2D eigenvalue weighted by Crippen LogP contribution is 2.30. The Labute approximate surface area is 142 Å². The molecule has 0 aliphatic rings. The second kappa shape index (κ2) is 7.02. The minimum atomic E-state index is -0.228. The first-order valence-corrected chi connectivity index (χ1v) is 9.13. The number of aromatic nitrogens is 1. The molecule has 6 heteroatoms. The van der Waals surface area contributed by atoms with Crippen molar-refractivity contribution in [3.8, 4) is 10.6 Å². The topological polar surface area (TPSA) is 55.1 Å². The van der Waals surface area contributed by atoms with Crippen LogP contribution in [0.15, 0.2) is 52.1 Å². The normalized spacial score (nSPS) is 10.7. The smallest absolute Gasteiger partial charge is 0.274 e. The van der Waals surface area contributed by atoms with Crippen molar-refractivity contribution in [2.75, 3.05) is 6.26 Å². The Hall–Kier alpha value is -2.05. The molecular weight excluding hydrogens is 328 g/mol. The summed E-state index contributed by atoms with van der Waals surface area (Å²) in [6.45, 7) is 2.48. The molecule has 23 heavy (non-hydrogen) atoms. The summed E-state index contributed by atoms with van der Waals surface area (Å²) >= 11 is 3.27. The van der Waals surface area contributed by atoms with Crippen molar-refractivity contribution in [3.63, 3.8) is 0 Å². The molecule has 0 fully saturated rings. The first kappa shape index (κ1) is 15.8. The fourth-order valence-corrected chi connectivity index (χ4v) is 3.41. The molecule has 118 valence electrons. The standard InChI is InChI=1S/C17H16N2O2S2/c1-11-3-8-14(23-11)16-15(19-10-21-16)17(20)18-9-12-4-6-13(22-2)7-5-12/h3-8,10H,9H2,1-2H3,(H,18,20). The summed E-state index contributed by atoms with van der Waals surface area (Å²) in [6.07, 6.45) is 3.35. The third-order valence-electron chi connectivity index (χ3n) is 3.36. The quantitative estimate of drug-likeness (QED) is 0.699. The summed E-state index contributed by atoms with van der Waals surface area (Å²) in [6, 6.07) is 12.1. The van der Waals surface area contributed by atoms with Crippen molar-refractivity contribution in [2.45, 2.75) is 18.4 Å². The molecule has 0 radical (unpaired) electrons. The third kappa shape index (κ3) is 3.65. The van der Waals surface area contributed by atoms with Gasteiger partial charge in [-0.05, 0) is 43.0 Å². The lowest BCUT2D eigenvalue weighted by Crippen LogP contribution is -2.23. The summed E-state index contributed by atoms with van der Waals surface area (Å²) in [5.74, 6) is 0.298. The van der Waals surface area contributed by atoms with Crippen LogP contribution in [0.2, 0.25) is 0 Å². The largest absolute Gasteiger partial charge is 0.442 e. The number of carbonyl (C=O) groups excluding carboxylic acids is 1. The van der Waals surface area contributed by atoms with Gasteiger partial charge in [0.1, 0.15) is 0 Å². The minimum Gasteiger partial charge on any atom is -0.442 e. The van der Waals surface area contributed by atoms with Gasteiger partial charge in [0.05, 0.1) is 4.88 Å². The number of benzene rings is 1. The lowest BCUT2D eigenvalue weighted by Gasteiger charge is -2.05. The number of thiophene rings is 1. The zero-order valence-electron chi connectivity index (χ0n) is 12.8. The molecule has 3 aromatic rings. The molecule has 1 N–H and O–H groups in total. The summed E-state index contributed by atoms with van der Waals surface area (Å²) in [4.78, 5) is 19.7. The van der Waals surface area contributed by atoms with Gasteiger partial charge in [0.25, 0.3) is 5.91 Å². The number of oxazole rings is 1. The van der Waals surface area contributed by atoms with Crippen molar-refractivity contribution in [3.05, 3.63) is 58.9 Å². The van der Waals surface area contributed by atoms with Crippen LogP contribution < -0.4 is 5.32 Å². The minimum absolute atomic E-state index is 0.228. The number of rotatable bonds is 5. The Morgan fingerprint density at radius 3 is 2.70 bits per heavy atom. The SMILES string of the molecule is CSc1ccc(CNC(=O)c2ncoc2-c2ccc(C)s2)cc1. The van der Waals surface area contributed by atoms with Crippen molar-refractivity contribution in [1.29, 1.82) is 0 Å². The maximum atomic E-state index is 12.4. The molecule has 0 saturated heterocycles. The first-order valence-electron chi connectivity index (χ1n) is 7.09. The van der Waals surface area contributed by atoms with Gasteiger partial charge < -0.3 is 9.73 Å². The number of aryl methyl sites for hydroxylation is 1. The summed E-state index contributed by atoms with van der Waals surface area (Å²) in [7, 11) is 0. The third-order valence-corrected chi connectivity index (χ3v) is 5.10. The lowest BCUT2D eigenvalue weighted by atomic mass is 10.2. The zero-order valence-corrected chi connectivity index (χ0v) is 14.5. The predicted molar refractivity (Wildman–Crippen MR) is 93.9 cm³/mol. The highest BCUT2D eigenvalue weighted by molar-refractivity contribution is 7.98. The van der Waals surface area contributed by atoms with E-state index in [0.29, 0.717) is 18.0 Å². The van der Waals surface area contributed by atoms with Crippen LogP contribution in [-0.2, 0) is 6.54 Å². The van der Waals surface area contributed by atoms with Gasteiger partial charge in [-0.2, -0.15) is 0 Å². The van der Waals surface area contributed by atoms with Gasteiger partial charge in [-0.15, -0.1) is 23.1 Å². The lowest BCUT2D eigenvalue weighted by molar-refractivity contribution is 0.0947. The number of hydrogen-bond acceptors (Lipinski definition) is 5. The molecular formula is C17H16N2O2S2. The second-order valence-corrected chi connectivity index (χ2v) is 7.14. The van der Waals surface area contributed by atoms with Crippen molar-refractivity contribution in [1.82, 2.24) is 10.3 Å². The van der Waals surface area contributed by atoms with E-state index in [1.54, 1.807) is 23.1 Å². The van der Waals surface area contributed by atoms with Gasteiger partial charge >= 0.3 is 0 Å². The van der Waals surface area contributed by atoms with Crippen LogP contribution in [0.25, 0.3) is 10.6 Å². The predicted octanol–water partition coefficient (Wildman–Crippen LogP) is 4.36. The van der Waals surface area contributed by atoms with E-state index >= 15 is 0 Å².